The number of aromatic nitrogens is 2. The molecule has 7 atom stereocenters. The van der Waals surface area contributed by atoms with Crippen LogP contribution in [0.5, 0.6) is 5.75 Å². The van der Waals surface area contributed by atoms with E-state index < -0.39 is 65.4 Å². The van der Waals surface area contributed by atoms with Crippen molar-refractivity contribution in [2.75, 3.05) is 62.8 Å². The van der Waals surface area contributed by atoms with Gasteiger partial charge in [-0.2, -0.15) is 0 Å². The summed E-state index contributed by atoms with van der Waals surface area (Å²) in [5.74, 6) is 4.35. The molecular weight excluding hydrogens is 981 g/mol. The van der Waals surface area contributed by atoms with Crippen LogP contribution in [0.1, 0.15) is 70.1 Å². The van der Waals surface area contributed by atoms with Gasteiger partial charge in [0.25, 0.3) is 0 Å². The van der Waals surface area contributed by atoms with Crippen LogP contribution in [0.3, 0.4) is 0 Å². The lowest BCUT2D eigenvalue weighted by atomic mass is 9.64. The number of cyclic esters (lactones) is 1. The molecule has 3 fully saturated rings. The van der Waals surface area contributed by atoms with Gasteiger partial charge in [-0.1, -0.05) is 145 Å². The Balaban J connectivity index is 1.14. The van der Waals surface area contributed by atoms with Crippen molar-refractivity contribution >= 4 is 35.5 Å². The van der Waals surface area contributed by atoms with E-state index >= 15 is 19.2 Å². The number of urea groups is 1. The normalized spacial score (nSPS) is 22.1. The number of anilines is 2. The van der Waals surface area contributed by atoms with Crippen LogP contribution >= 0.6 is 0 Å². The van der Waals surface area contributed by atoms with Crippen molar-refractivity contribution in [3.63, 3.8) is 0 Å². The Labute approximate surface area is 454 Å². The summed E-state index contributed by atoms with van der Waals surface area (Å²) in [7, 11) is 2.00. The molecule has 2 N–H and O–H groups in total. The van der Waals surface area contributed by atoms with E-state index in [9.17, 15) is 5.11 Å². The number of carbonyl (C=O) groups excluding carboxylic acids is 4. The molecule has 15 nitrogen and oxygen atoms in total. The molecule has 0 bridgehead atoms. The zero-order chi connectivity index (χ0) is 53.8. The zero-order valence-electron chi connectivity index (χ0n) is 43.5. The highest BCUT2D eigenvalue weighted by Crippen LogP contribution is 2.66. The van der Waals surface area contributed by atoms with Gasteiger partial charge in [-0.3, -0.25) is 24.2 Å². The van der Waals surface area contributed by atoms with Gasteiger partial charge in [0.05, 0.1) is 42.9 Å². The highest BCUT2D eigenvalue weighted by molar-refractivity contribution is 6.24. The number of imide groups is 1. The number of hydrogen-bond acceptors (Lipinski definition) is 12. The Morgan fingerprint density at radius 3 is 2.13 bits per heavy atom. The highest BCUT2D eigenvalue weighted by atomic mass is 16.6. The monoisotopic (exact) mass is 1040 g/mol. The SMILES string of the molecule is C[C@@H](NC(=O)N1C(=O)[C@@]2(c3cc(C#CCN(C)Cc4ccccc4)ccc31)[C@H](C(=O)N1CCN(c3ncccn3)CC1)[C@H]1C(=O)O[C@H](c3ccccc3)[C@H](c3ccccc3)N1[C@@H]2c1cccc(OCCO)c1)c1ccccc1. The smallest absolute Gasteiger partial charge is 0.329 e. The third-order valence-corrected chi connectivity index (χ3v) is 15.4. The molecule has 0 aliphatic carbocycles. The molecule has 4 aliphatic rings. The summed E-state index contributed by atoms with van der Waals surface area (Å²) >= 11 is 0. The number of benzene rings is 6. The molecule has 6 aromatic carbocycles. The van der Waals surface area contributed by atoms with Crippen molar-refractivity contribution in [2.24, 2.45) is 5.92 Å². The molecule has 1 aromatic heterocycles. The van der Waals surface area contributed by atoms with Crippen molar-refractivity contribution in [3.05, 3.63) is 221 Å². The molecule has 11 rings (SSSR count). The van der Waals surface area contributed by atoms with E-state index in [1.165, 1.54) is 4.90 Å². The summed E-state index contributed by atoms with van der Waals surface area (Å²) in [6.45, 7) is 3.85. The lowest BCUT2D eigenvalue weighted by Gasteiger charge is -2.46. The van der Waals surface area contributed by atoms with Crippen molar-refractivity contribution in [3.8, 4) is 17.6 Å². The second-order valence-corrected chi connectivity index (χ2v) is 20.2. The molecular formula is C63H60N8O7. The maximum atomic E-state index is 17.0. The van der Waals surface area contributed by atoms with Gasteiger partial charge < -0.3 is 29.7 Å². The molecule has 3 saturated heterocycles. The minimum Gasteiger partial charge on any atom is -0.491 e. The van der Waals surface area contributed by atoms with Crippen molar-refractivity contribution in [2.45, 2.75) is 49.2 Å². The number of morpholine rings is 1. The van der Waals surface area contributed by atoms with Gasteiger partial charge in [-0.25, -0.2) is 19.7 Å². The largest absolute Gasteiger partial charge is 0.491 e. The summed E-state index contributed by atoms with van der Waals surface area (Å²) in [4.78, 5) is 82.8. The fourth-order valence-electron chi connectivity index (χ4n) is 12.0. The van der Waals surface area contributed by atoms with Crippen LogP contribution in [-0.4, -0.2) is 113 Å². The second kappa shape index (κ2) is 22.5. The van der Waals surface area contributed by atoms with Crippen LogP contribution in [0.4, 0.5) is 16.4 Å². The van der Waals surface area contributed by atoms with Crippen LogP contribution < -0.4 is 19.9 Å². The van der Waals surface area contributed by atoms with Crippen LogP contribution in [0, 0.1) is 17.8 Å². The van der Waals surface area contributed by atoms with Gasteiger partial charge in [0.2, 0.25) is 17.8 Å². The predicted molar refractivity (Wildman–Crippen MR) is 295 cm³/mol. The zero-order valence-corrected chi connectivity index (χ0v) is 43.5. The molecule has 78 heavy (non-hydrogen) atoms. The Bertz CT molecular complexity index is 3340. The standard InChI is InChI=1S/C63H60N8O7/c1-43(46-21-9-4-10-22-46)66-62(76)70-52-30-29-44(20-16-33-67(2)42-45-18-7-3-8-19-45)40-51(52)63(60(70)75)53(58(73)68-34-36-69(37-35-68)61-64-31-17-32-65-61)55-59(74)78-56(48-25-13-6-14-26-48)54(47-23-11-5-12-24-47)71(55)57(63)49-27-15-28-50(41-49)77-39-38-72/h3-15,17-19,21-32,40-41,43,53-57,72H,33-39,42H2,1-2H3,(H,66,76)/t43-,53+,54+,55+,56-,57-,63+/m1/s1. The molecule has 0 radical (unpaired) electrons. The van der Waals surface area contributed by atoms with E-state index in [2.05, 4.69) is 44.2 Å². The minimum atomic E-state index is -2.01. The Hall–Kier alpha value is -8.68. The molecule has 7 aromatic rings. The lowest BCUT2D eigenvalue weighted by molar-refractivity contribution is -0.179. The predicted octanol–water partition coefficient (Wildman–Crippen LogP) is 7.82. The number of carbonyl (C=O) groups is 4. The Morgan fingerprint density at radius 2 is 1.44 bits per heavy atom. The molecule has 0 unspecified atom stereocenters. The number of hydrogen-bond donors (Lipinski definition) is 2. The number of aliphatic hydroxyl groups is 1. The summed E-state index contributed by atoms with van der Waals surface area (Å²) < 4.78 is 12.9. The van der Waals surface area contributed by atoms with E-state index in [1.54, 1.807) is 47.6 Å². The highest BCUT2D eigenvalue weighted by Gasteiger charge is 2.76. The first-order valence-electron chi connectivity index (χ1n) is 26.4. The molecule has 4 aliphatic heterocycles. The number of rotatable bonds is 13. The number of nitrogens with zero attached hydrogens (tertiary/aromatic N) is 7. The summed E-state index contributed by atoms with van der Waals surface area (Å²) in [6, 6.07) is 48.6. The average Bonchev–Trinajstić information content (AvgIpc) is 3.71. The van der Waals surface area contributed by atoms with Crippen molar-refractivity contribution in [1.29, 1.82) is 0 Å². The molecule has 5 heterocycles. The third-order valence-electron chi connectivity index (χ3n) is 15.4. The number of ether oxygens (including phenoxy) is 2. The van der Waals surface area contributed by atoms with Crippen molar-refractivity contribution in [1.82, 2.24) is 30.0 Å². The fourth-order valence-corrected chi connectivity index (χ4v) is 12.0. The summed E-state index contributed by atoms with van der Waals surface area (Å²) in [6.07, 6.45) is 2.43. The molecule has 15 heteroatoms. The maximum Gasteiger partial charge on any atom is 0.329 e. The van der Waals surface area contributed by atoms with E-state index in [1.807, 2.05) is 151 Å². The van der Waals surface area contributed by atoms with Gasteiger partial charge in [0.15, 0.2) is 0 Å². The van der Waals surface area contributed by atoms with Crippen LogP contribution in [-0.2, 0) is 31.1 Å². The topological polar surface area (TPSA) is 161 Å². The first kappa shape index (κ1) is 51.4. The summed E-state index contributed by atoms with van der Waals surface area (Å²) in [5.41, 5.74) is 3.14. The Morgan fingerprint density at radius 1 is 0.782 bits per heavy atom. The van der Waals surface area contributed by atoms with Gasteiger partial charge in [0, 0.05) is 50.7 Å². The van der Waals surface area contributed by atoms with E-state index in [-0.39, 0.29) is 32.0 Å². The quantitative estimate of drug-likeness (QED) is 0.0853. The summed E-state index contributed by atoms with van der Waals surface area (Å²) in [5, 5.41) is 13.1. The van der Waals surface area contributed by atoms with Crippen molar-refractivity contribution < 1.29 is 33.8 Å². The maximum absolute atomic E-state index is 17.0. The van der Waals surface area contributed by atoms with Crippen LogP contribution in [0.15, 0.2) is 182 Å². The fraction of sp³-hybridized carbons (Fsp3) is 0.270. The number of piperazine rings is 1. The third kappa shape index (κ3) is 9.74. The average molecular weight is 1040 g/mol. The second-order valence-electron chi connectivity index (χ2n) is 20.2. The first-order valence-corrected chi connectivity index (χ1v) is 26.4. The van der Waals surface area contributed by atoms with Gasteiger partial charge in [-0.05, 0) is 83.8 Å². The molecule has 394 valence electrons. The number of aliphatic hydroxyl groups excluding tert-OH is 1. The number of nitrogens with one attached hydrogen (secondary N) is 1. The van der Waals surface area contributed by atoms with E-state index in [0.717, 1.165) is 16.7 Å². The number of esters is 1. The van der Waals surface area contributed by atoms with E-state index in [4.69, 9.17) is 9.47 Å². The lowest BCUT2D eigenvalue weighted by Crippen LogP contribution is -2.59. The van der Waals surface area contributed by atoms with Crippen LogP contribution in [0.25, 0.3) is 0 Å². The molecule has 0 saturated carbocycles. The number of fused-ring (bicyclic) bond motifs is 3. The minimum absolute atomic E-state index is 0.0142. The van der Waals surface area contributed by atoms with Crippen LogP contribution in [0.2, 0.25) is 0 Å². The molecule has 1 spiro atoms. The van der Waals surface area contributed by atoms with E-state index in [0.29, 0.717) is 60.1 Å². The molecule has 4 amide bonds. The van der Waals surface area contributed by atoms with Gasteiger partial charge in [0.1, 0.15) is 29.9 Å². The first-order chi connectivity index (χ1) is 38.1. The van der Waals surface area contributed by atoms with Gasteiger partial charge >= 0.3 is 12.0 Å². The van der Waals surface area contributed by atoms with Gasteiger partial charge in [-0.15, -0.1) is 0 Å². The Kier molecular flexibility index (Phi) is 14.8. The number of amides is 4.